The van der Waals surface area contributed by atoms with Crippen molar-refractivity contribution >= 4 is 17.8 Å². The van der Waals surface area contributed by atoms with E-state index in [-0.39, 0.29) is 29.9 Å². The van der Waals surface area contributed by atoms with Crippen molar-refractivity contribution in [1.29, 1.82) is 0 Å². The fourth-order valence-corrected chi connectivity index (χ4v) is 6.05. The summed E-state index contributed by atoms with van der Waals surface area (Å²) in [5.74, 6) is 1.02. The molecule has 0 spiro atoms. The van der Waals surface area contributed by atoms with Crippen LogP contribution in [0.4, 0.5) is 0 Å². The predicted octanol–water partition coefficient (Wildman–Crippen LogP) is 4.79. The summed E-state index contributed by atoms with van der Waals surface area (Å²) in [5.41, 5.74) is 8.10. The van der Waals surface area contributed by atoms with Crippen molar-refractivity contribution in [3.63, 3.8) is 0 Å². The fraction of sp³-hybridized carbons (Fsp3) is 0.500. The molecule has 8 nitrogen and oxygen atoms in total. The maximum atomic E-state index is 13.5. The molecule has 2 aromatic carbocycles. The molecular weight excluding hydrogens is 480 g/mol. The molecule has 5 aliphatic rings. The summed E-state index contributed by atoms with van der Waals surface area (Å²) in [6.45, 7) is 4.48. The first-order valence-corrected chi connectivity index (χ1v) is 14.0. The molecule has 3 atom stereocenters. The van der Waals surface area contributed by atoms with Crippen LogP contribution in [0.3, 0.4) is 0 Å². The minimum absolute atomic E-state index is 0.00885. The summed E-state index contributed by atoms with van der Waals surface area (Å²) in [5, 5.41) is 3.27. The molecule has 6 bridgehead atoms. The number of carbonyl (C=O) groups excluding carboxylic acids is 2. The second-order valence-electron chi connectivity index (χ2n) is 10.1. The molecule has 2 aromatic rings. The normalized spacial score (nSPS) is 24.2. The highest BCUT2D eigenvalue weighted by molar-refractivity contribution is 6.00. The minimum Gasteiger partial charge on any atom is -0.493 e. The summed E-state index contributed by atoms with van der Waals surface area (Å²) in [6.07, 6.45) is 6.70. The maximum absolute atomic E-state index is 13.5. The van der Waals surface area contributed by atoms with Gasteiger partial charge in [-0.05, 0) is 67.0 Å². The molecule has 1 aliphatic carbocycles. The number of hydroxylamine groups is 1. The maximum Gasteiger partial charge on any atom is 0.251 e. The third-order valence-corrected chi connectivity index (χ3v) is 7.84. The van der Waals surface area contributed by atoms with Gasteiger partial charge < -0.3 is 10.1 Å². The van der Waals surface area contributed by atoms with Gasteiger partial charge in [-0.3, -0.25) is 19.3 Å². The van der Waals surface area contributed by atoms with Gasteiger partial charge >= 0.3 is 0 Å². The molecule has 202 valence electrons. The number of amides is 2. The van der Waals surface area contributed by atoms with Crippen molar-refractivity contribution in [3.8, 4) is 5.75 Å². The first-order valence-electron chi connectivity index (χ1n) is 14.0. The van der Waals surface area contributed by atoms with Crippen molar-refractivity contribution in [2.45, 2.75) is 83.3 Å². The lowest BCUT2D eigenvalue weighted by atomic mass is 9.94. The number of hydrogen-bond acceptors (Lipinski definition) is 6. The lowest BCUT2D eigenvalue weighted by Gasteiger charge is -2.39. The Morgan fingerprint density at radius 2 is 1.89 bits per heavy atom. The number of nitrogens with zero attached hydrogens (tertiary/aromatic N) is 2. The number of rotatable bonds is 1. The van der Waals surface area contributed by atoms with E-state index in [1.165, 1.54) is 23.8 Å². The summed E-state index contributed by atoms with van der Waals surface area (Å²) >= 11 is 0. The predicted molar refractivity (Wildman–Crippen MR) is 146 cm³/mol. The van der Waals surface area contributed by atoms with E-state index in [2.05, 4.69) is 29.0 Å². The topological polar surface area (TPSA) is 92.3 Å². The Labute approximate surface area is 224 Å². The lowest BCUT2D eigenvalue weighted by Crippen LogP contribution is -2.51. The highest BCUT2D eigenvalue weighted by Crippen LogP contribution is 2.39. The van der Waals surface area contributed by atoms with Gasteiger partial charge in [0.1, 0.15) is 5.75 Å². The monoisotopic (exact) mass is 518 g/mol. The van der Waals surface area contributed by atoms with E-state index in [1.54, 1.807) is 11.0 Å². The number of benzene rings is 2. The Morgan fingerprint density at radius 3 is 2.74 bits per heavy atom. The molecule has 7 rings (SSSR count). The molecule has 0 radical (unpaired) electrons. The number of aliphatic imine (C=N–C) groups is 1. The first kappa shape index (κ1) is 26.2. The van der Waals surface area contributed by atoms with Gasteiger partial charge in [0, 0.05) is 24.0 Å². The van der Waals surface area contributed by atoms with E-state index in [1.807, 2.05) is 26.0 Å². The van der Waals surface area contributed by atoms with E-state index in [4.69, 9.17) is 14.6 Å². The zero-order valence-corrected chi connectivity index (χ0v) is 22.6. The van der Waals surface area contributed by atoms with Gasteiger partial charge in [-0.2, -0.15) is 0 Å². The Hall–Kier alpha value is -3.39. The minimum atomic E-state index is -0.287. The van der Waals surface area contributed by atoms with E-state index in [9.17, 15) is 9.59 Å². The fourth-order valence-electron chi connectivity index (χ4n) is 6.05. The SMILES string of the molecule is CC.CONC1=NC2CCCCc3ccc4c(c3)C(CC4)NC(=O)c3ccc4c(c3)[C@@H](CCO4)N1C(=O)C2. The quantitative estimate of drug-likeness (QED) is 0.530. The highest BCUT2D eigenvalue weighted by Gasteiger charge is 2.38. The number of nitrogens with one attached hydrogen (secondary N) is 2. The van der Waals surface area contributed by atoms with Crippen LogP contribution in [0.2, 0.25) is 0 Å². The van der Waals surface area contributed by atoms with E-state index in [0.29, 0.717) is 36.7 Å². The molecule has 4 aliphatic heterocycles. The summed E-state index contributed by atoms with van der Waals surface area (Å²) in [6, 6.07) is 11.9. The van der Waals surface area contributed by atoms with Gasteiger partial charge in [-0.15, -0.1) is 0 Å². The largest absolute Gasteiger partial charge is 0.493 e. The molecular formula is C30H38N4O4. The lowest BCUT2D eigenvalue weighted by molar-refractivity contribution is -0.131. The van der Waals surface area contributed by atoms with Gasteiger partial charge in [0.25, 0.3) is 5.91 Å². The van der Waals surface area contributed by atoms with Crippen LogP contribution in [0.1, 0.15) is 97.1 Å². The van der Waals surface area contributed by atoms with Crippen LogP contribution in [0.25, 0.3) is 0 Å². The molecule has 0 aromatic heterocycles. The molecule has 0 saturated carbocycles. The number of carbonyl (C=O) groups is 2. The van der Waals surface area contributed by atoms with Gasteiger partial charge in [-0.1, -0.05) is 38.5 Å². The number of aryl methyl sites for hydroxylation is 2. The number of fused-ring (bicyclic) bond motifs is 5. The number of ether oxygens (including phenoxy) is 1. The molecule has 0 saturated heterocycles. The Bertz CT molecular complexity index is 1230. The molecule has 38 heavy (non-hydrogen) atoms. The van der Waals surface area contributed by atoms with E-state index < -0.39 is 0 Å². The average molecular weight is 519 g/mol. The Morgan fingerprint density at radius 1 is 1.03 bits per heavy atom. The summed E-state index contributed by atoms with van der Waals surface area (Å²) in [7, 11) is 1.52. The smallest absolute Gasteiger partial charge is 0.251 e. The molecule has 2 amide bonds. The van der Waals surface area contributed by atoms with Crippen molar-refractivity contribution in [2.24, 2.45) is 4.99 Å². The van der Waals surface area contributed by atoms with Gasteiger partial charge in [0.05, 0.1) is 31.8 Å². The Balaban J connectivity index is 0.00000144. The first-order chi connectivity index (χ1) is 18.6. The second-order valence-corrected chi connectivity index (χ2v) is 10.1. The van der Waals surface area contributed by atoms with Crippen molar-refractivity contribution in [2.75, 3.05) is 13.7 Å². The van der Waals surface area contributed by atoms with Crippen LogP contribution in [0, 0.1) is 0 Å². The van der Waals surface area contributed by atoms with Crippen LogP contribution in [0.15, 0.2) is 41.4 Å². The van der Waals surface area contributed by atoms with Gasteiger partial charge in [0.15, 0.2) is 0 Å². The average Bonchev–Trinajstić information content (AvgIpc) is 3.33. The third-order valence-electron chi connectivity index (χ3n) is 7.84. The third kappa shape index (κ3) is 5.14. The van der Waals surface area contributed by atoms with Gasteiger partial charge in [-0.25, -0.2) is 10.5 Å². The molecule has 4 heterocycles. The van der Waals surface area contributed by atoms with Gasteiger partial charge in [0.2, 0.25) is 11.9 Å². The van der Waals surface area contributed by atoms with Crippen LogP contribution < -0.4 is 15.5 Å². The van der Waals surface area contributed by atoms with Crippen molar-refractivity contribution < 1.29 is 19.2 Å². The molecule has 2 N–H and O–H groups in total. The second kappa shape index (κ2) is 11.6. The van der Waals surface area contributed by atoms with Crippen LogP contribution in [-0.2, 0) is 22.5 Å². The van der Waals surface area contributed by atoms with Crippen LogP contribution in [-0.4, -0.2) is 42.4 Å². The van der Waals surface area contributed by atoms with Crippen LogP contribution >= 0.6 is 0 Å². The Kier molecular flexibility index (Phi) is 7.98. The molecule has 2 unspecified atom stereocenters. The van der Waals surface area contributed by atoms with E-state index >= 15 is 0 Å². The zero-order valence-electron chi connectivity index (χ0n) is 22.6. The van der Waals surface area contributed by atoms with Crippen LogP contribution in [0.5, 0.6) is 5.75 Å². The van der Waals surface area contributed by atoms with E-state index in [0.717, 1.165) is 44.1 Å². The van der Waals surface area contributed by atoms with Crippen molar-refractivity contribution in [3.05, 3.63) is 64.2 Å². The standard InChI is InChI=1S/C28H32N4O4.C2H6/c1-35-31-28-29-20-5-3-2-4-17-6-7-18-8-10-23(21(18)14-17)30-27(34)19-9-11-25-22(15-19)24(12-13-36-25)32(28)26(33)16-20;1-2/h6-7,9,11,14-15,20,23-24H,2-5,8,10,12-13,16H2,1H3,(H,29,31)(H,30,34);1-2H3/t20?,23?,24-;/m1./s1. The molecule has 0 fully saturated rings. The summed E-state index contributed by atoms with van der Waals surface area (Å²) < 4.78 is 5.91. The number of hydrogen-bond donors (Lipinski definition) is 2. The summed E-state index contributed by atoms with van der Waals surface area (Å²) in [4.78, 5) is 38.6. The number of guanidine groups is 1. The zero-order chi connectivity index (χ0) is 26.6. The van der Waals surface area contributed by atoms with Crippen molar-refractivity contribution in [1.82, 2.24) is 15.7 Å². The highest BCUT2D eigenvalue weighted by atomic mass is 16.6. The molecule has 8 heteroatoms.